The molecule has 0 amide bonds. The SMILES string of the molecule is CC1CC1c1ccc(CN(C2CC2)S(=O)(=O)c2ccc(S(C)(=O)=O)cc2)o1. The molecule has 2 saturated carbocycles. The molecule has 4 rings (SSSR count). The molecule has 8 heteroatoms. The summed E-state index contributed by atoms with van der Waals surface area (Å²) in [6.07, 6.45) is 3.87. The number of benzene rings is 1. The molecule has 1 heterocycles. The number of hydrogen-bond donors (Lipinski definition) is 0. The van der Waals surface area contributed by atoms with Crippen LogP contribution in [0, 0.1) is 5.92 Å². The Kier molecular flexibility index (Phi) is 4.48. The summed E-state index contributed by atoms with van der Waals surface area (Å²) in [5.41, 5.74) is 0. The van der Waals surface area contributed by atoms with E-state index >= 15 is 0 Å². The number of rotatable bonds is 7. The Labute approximate surface area is 160 Å². The molecule has 0 bridgehead atoms. The van der Waals surface area contributed by atoms with Gasteiger partial charge in [-0.1, -0.05) is 6.92 Å². The van der Waals surface area contributed by atoms with Crippen LogP contribution >= 0.6 is 0 Å². The summed E-state index contributed by atoms with van der Waals surface area (Å²) in [5.74, 6) is 2.66. The van der Waals surface area contributed by atoms with Gasteiger partial charge in [0.15, 0.2) is 9.84 Å². The van der Waals surface area contributed by atoms with Crippen LogP contribution in [0.5, 0.6) is 0 Å². The molecule has 2 aliphatic rings. The Morgan fingerprint density at radius 2 is 1.59 bits per heavy atom. The van der Waals surface area contributed by atoms with Crippen molar-refractivity contribution in [2.45, 2.75) is 54.5 Å². The molecule has 2 unspecified atom stereocenters. The molecule has 0 N–H and O–H groups in total. The fraction of sp³-hybridized carbons (Fsp3) is 0.474. The molecule has 0 saturated heterocycles. The van der Waals surface area contributed by atoms with Crippen LogP contribution in [0.4, 0.5) is 0 Å². The molecule has 1 aromatic carbocycles. The van der Waals surface area contributed by atoms with Gasteiger partial charge < -0.3 is 4.42 Å². The predicted octanol–water partition coefficient (Wildman–Crippen LogP) is 3.16. The van der Waals surface area contributed by atoms with Gasteiger partial charge in [0.05, 0.1) is 16.3 Å². The van der Waals surface area contributed by atoms with Crippen molar-refractivity contribution in [1.29, 1.82) is 0 Å². The second kappa shape index (κ2) is 6.46. The zero-order valence-corrected chi connectivity index (χ0v) is 17.0. The second-order valence-corrected chi connectivity index (χ2v) is 11.6. The minimum absolute atomic E-state index is 0.0296. The minimum Gasteiger partial charge on any atom is -0.464 e. The average Bonchev–Trinajstić information content (AvgIpc) is 3.52. The Balaban J connectivity index is 1.58. The van der Waals surface area contributed by atoms with Gasteiger partial charge in [-0.25, -0.2) is 16.8 Å². The van der Waals surface area contributed by atoms with Crippen LogP contribution in [-0.2, 0) is 26.4 Å². The maximum Gasteiger partial charge on any atom is 0.243 e. The van der Waals surface area contributed by atoms with Crippen LogP contribution in [0.3, 0.4) is 0 Å². The lowest BCUT2D eigenvalue weighted by Crippen LogP contribution is -2.32. The molecular formula is C19H23NO5S2. The molecule has 0 radical (unpaired) electrons. The third-order valence-corrected chi connectivity index (χ3v) is 8.32. The van der Waals surface area contributed by atoms with E-state index in [4.69, 9.17) is 4.42 Å². The van der Waals surface area contributed by atoms with Gasteiger partial charge in [-0.05, 0) is 61.6 Å². The molecule has 0 spiro atoms. The van der Waals surface area contributed by atoms with E-state index in [1.165, 1.54) is 28.6 Å². The van der Waals surface area contributed by atoms with Gasteiger partial charge >= 0.3 is 0 Å². The maximum atomic E-state index is 13.1. The topological polar surface area (TPSA) is 84.7 Å². The molecule has 146 valence electrons. The van der Waals surface area contributed by atoms with Crippen molar-refractivity contribution in [3.05, 3.63) is 47.9 Å². The van der Waals surface area contributed by atoms with Crippen molar-refractivity contribution in [3.8, 4) is 0 Å². The van der Waals surface area contributed by atoms with E-state index in [0.717, 1.165) is 31.3 Å². The average molecular weight is 410 g/mol. The van der Waals surface area contributed by atoms with Crippen LogP contribution in [-0.4, -0.2) is 33.4 Å². The highest BCUT2D eigenvalue weighted by Gasteiger charge is 2.40. The van der Waals surface area contributed by atoms with Gasteiger partial charge in [-0.3, -0.25) is 0 Å². The van der Waals surface area contributed by atoms with Crippen molar-refractivity contribution in [1.82, 2.24) is 4.31 Å². The summed E-state index contributed by atoms with van der Waals surface area (Å²) >= 11 is 0. The van der Waals surface area contributed by atoms with Crippen molar-refractivity contribution in [3.63, 3.8) is 0 Å². The van der Waals surface area contributed by atoms with Gasteiger partial charge in [0.1, 0.15) is 11.5 Å². The standard InChI is InChI=1S/C19H23NO5S2/c1-13-11-18(13)19-10-5-15(25-19)12-20(14-3-4-14)27(23,24)17-8-6-16(7-9-17)26(2,21)22/h5-10,13-14,18H,3-4,11-12H2,1-2H3. The number of furan rings is 1. The van der Waals surface area contributed by atoms with E-state index in [9.17, 15) is 16.8 Å². The smallest absolute Gasteiger partial charge is 0.243 e. The second-order valence-electron chi connectivity index (χ2n) is 7.65. The van der Waals surface area contributed by atoms with Gasteiger partial charge in [0.25, 0.3) is 0 Å². The Bertz CT molecular complexity index is 1050. The summed E-state index contributed by atoms with van der Waals surface area (Å²) in [6, 6.07) is 9.18. The van der Waals surface area contributed by atoms with Gasteiger partial charge in [-0.15, -0.1) is 0 Å². The lowest BCUT2D eigenvalue weighted by molar-refractivity contribution is 0.347. The van der Waals surface area contributed by atoms with E-state index in [0.29, 0.717) is 17.6 Å². The quantitative estimate of drug-likeness (QED) is 0.701. The third kappa shape index (κ3) is 3.83. The summed E-state index contributed by atoms with van der Waals surface area (Å²) in [6.45, 7) is 2.37. The summed E-state index contributed by atoms with van der Waals surface area (Å²) in [7, 11) is -7.09. The summed E-state index contributed by atoms with van der Waals surface area (Å²) in [4.78, 5) is 0.207. The molecular weight excluding hydrogens is 386 g/mol. The molecule has 1 aromatic heterocycles. The molecule has 2 fully saturated rings. The molecule has 0 aliphatic heterocycles. The first kappa shape index (κ1) is 18.7. The molecule has 2 aromatic rings. The molecule has 2 atom stereocenters. The first-order chi connectivity index (χ1) is 12.7. The Morgan fingerprint density at radius 3 is 2.11 bits per heavy atom. The van der Waals surface area contributed by atoms with Gasteiger partial charge in [0.2, 0.25) is 10.0 Å². The van der Waals surface area contributed by atoms with Crippen molar-refractivity contribution >= 4 is 19.9 Å². The number of nitrogens with zero attached hydrogens (tertiary/aromatic N) is 1. The Hall–Kier alpha value is -1.64. The van der Waals surface area contributed by atoms with Crippen LogP contribution in [0.1, 0.15) is 43.6 Å². The van der Waals surface area contributed by atoms with Crippen molar-refractivity contribution in [2.24, 2.45) is 5.92 Å². The lowest BCUT2D eigenvalue weighted by atomic mass is 10.3. The molecule has 27 heavy (non-hydrogen) atoms. The van der Waals surface area contributed by atoms with Crippen molar-refractivity contribution < 1.29 is 21.3 Å². The lowest BCUT2D eigenvalue weighted by Gasteiger charge is -2.21. The Morgan fingerprint density at radius 1 is 1.00 bits per heavy atom. The van der Waals surface area contributed by atoms with Crippen LogP contribution in [0.15, 0.2) is 50.6 Å². The fourth-order valence-corrected chi connectivity index (χ4v) is 5.60. The van der Waals surface area contributed by atoms with Crippen LogP contribution in [0.25, 0.3) is 0 Å². The predicted molar refractivity (Wildman–Crippen MR) is 101 cm³/mol. The van der Waals surface area contributed by atoms with E-state index in [2.05, 4.69) is 6.92 Å². The van der Waals surface area contributed by atoms with Crippen molar-refractivity contribution in [2.75, 3.05) is 6.26 Å². The monoisotopic (exact) mass is 409 g/mol. The highest BCUT2D eigenvalue weighted by molar-refractivity contribution is 7.90. The van der Waals surface area contributed by atoms with E-state index < -0.39 is 19.9 Å². The third-order valence-electron chi connectivity index (χ3n) is 5.28. The highest BCUT2D eigenvalue weighted by Crippen LogP contribution is 2.47. The van der Waals surface area contributed by atoms with E-state index in [-0.39, 0.29) is 22.4 Å². The van der Waals surface area contributed by atoms with E-state index in [1.54, 1.807) is 0 Å². The van der Waals surface area contributed by atoms with Gasteiger partial charge in [0, 0.05) is 18.2 Å². The first-order valence-electron chi connectivity index (χ1n) is 9.07. The number of sulfonamides is 1. The normalized spacial score (nSPS) is 22.9. The van der Waals surface area contributed by atoms with Crippen LogP contribution < -0.4 is 0 Å². The van der Waals surface area contributed by atoms with Gasteiger partial charge in [-0.2, -0.15) is 4.31 Å². The zero-order valence-electron chi connectivity index (χ0n) is 15.3. The maximum absolute atomic E-state index is 13.1. The van der Waals surface area contributed by atoms with E-state index in [1.807, 2.05) is 12.1 Å². The zero-order chi connectivity index (χ0) is 19.4. The van der Waals surface area contributed by atoms with Crippen LogP contribution in [0.2, 0.25) is 0 Å². The fourth-order valence-electron chi connectivity index (χ4n) is 3.32. The number of sulfone groups is 1. The number of hydrogen-bond acceptors (Lipinski definition) is 5. The minimum atomic E-state index is -3.73. The molecule has 6 nitrogen and oxygen atoms in total. The molecule has 2 aliphatic carbocycles. The first-order valence-corrected chi connectivity index (χ1v) is 12.4. The summed E-state index contributed by atoms with van der Waals surface area (Å²) in [5, 5.41) is 0. The largest absolute Gasteiger partial charge is 0.464 e. The highest BCUT2D eigenvalue weighted by atomic mass is 32.2. The summed E-state index contributed by atoms with van der Waals surface area (Å²) < 4.78 is 56.8.